The van der Waals surface area contributed by atoms with E-state index in [4.69, 9.17) is 5.73 Å². The van der Waals surface area contributed by atoms with Crippen molar-refractivity contribution in [2.75, 3.05) is 5.73 Å². The molecule has 0 saturated carbocycles. The predicted octanol–water partition coefficient (Wildman–Crippen LogP) is 1.33. The molecule has 0 bridgehead atoms. The first-order valence-electron chi connectivity index (χ1n) is 3.19. The maximum absolute atomic E-state index is 5.53. The summed E-state index contributed by atoms with van der Waals surface area (Å²) in [6.45, 7) is 3.82. The first-order chi connectivity index (χ1) is 4.74. The van der Waals surface area contributed by atoms with Crippen LogP contribution in [0.3, 0.4) is 0 Å². The molecule has 0 aromatic carbocycles. The SMILES string of the molecule is C/C=C\c1[nH]c(C)nc1N. The average Bonchev–Trinajstić information content (AvgIpc) is 2.13. The molecule has 10 heavy (non-hydrogen) atoms. The summed E-state index contributed by atoms with van der Waals surface area (Å²) in [5, 5.41) is 0. The fraction of sp³-hybridized carbons (Fsp3) is 0.286. The summed E-state index contributed by atoms with van der Waals surface area (Å²) < 4.78 is 0. The van der Waals surface area contributed by atoms with Crippen LogP contribution in [0.1, 0.15) is 18.4 Å². The zero-order chi connectivity index (χ0) is 7.56. The van der Waals surface area contributed by atoms with E-state index in [9.17, 15) is 0 Å². The highest BCUT2D eigenvalue weighted by molar-refractivity contribution is 5.57. The molecule has 0 amide bonds. The number of aromatic amines is 1. The number of aromatic nitrogens is 2. The Hall–Kier alpha value is -1.25. The summed E-state index contributed by atoms with van der Waals surface area (Å²) in [5.74, 6) is 1.42. The van der Waals surface area contributed by atoms with Gasteiger partial charge in [-0.3, -0.25) is 0 Å². The van der Waals surface area contributed by atoms with Gasteiger partial charge in [-0.1, -0.05) is 6.08 Å². The number of imidazole rings is 1. The lowest BCUT2D eigenvalue weighted by atomic mass is 10.4. The van der Waals surface area contributed by atoms with Gasteiger partial charge < -0.3 is 10.7 Å². The third-order valence-corrected chi connectivity index (χ3v) is 1.21. The summed E-state index contributed by atoms with van der Waals surface area (Å²) in [5.41, 5.74) is 6.42. The minimum atomic E-state index is 0.565. The number of nitrogen functional groups attached to an aromatic ring is 1. The number of hydrogen-bond donors (Lipinski definition) is 2. The monoisotopic (exact) mass is 137 g/mol. The maximum Gasteiger partial charge on any atom is 0.149 e. The van der Waals surface area contributed by atoms with Gasteiger partial charge in [-0.25, -0.2) is 4.98 Å². The van der Waals surface area contributed by atoms with Crippen LogP contribution in [-0.4, -0.2) is 9.97 Å². The standard InChI is InChI=1S/C7H11N3/c1-3-4-6-7(8)10-5(2)9-6/h3-4H,8H2,1-2H3,(H,9,10)/b4-3-. The molecule has 1 aromatic rings. The van der Waals surface area contributed by atoms with E-state index in [1.54, 1.807) is 0 Å². The van der Waals surface area contributed by atoms with Gasteiger partial charge in [0.05, 0.1) is 5.69 Å². The van der Waals surface area contributed by atoms with Crippen LogP contribution in [0, 0.1) is 6.92 Å². The molecular weight excluding hydrogens is 126 g/mol. The lowest BCUT2D eigenvalue weighted by Gasteiger charge is -1.84. The predicted molar refractivity (Wildman–Crippen MR) is 42.4 cm³/mol. The van der Waals surface area contributed by atoms with Crippen molar-refractivity contribution >= 4 is 11.9 Å². The summed E-state index contributed by atoms with van der Waals surface area (Å²) in [7, 11) is 0. The largest absolute Gasteiger partial charge is 0.382 e. The highest BCUT2D eigenvalue weighted by atomic mass is 15.0. The van der Waals surface area contributed by atoms with E-state index >= 15 is 0 Å². The minimum Gasteiger partial charge on any atom is -0.382 e. The number of aryl methyl sites for hydroxylation is 1. The molecule has 0 unspecified atom stereocenters. The van der Waals surface area contributed by atoms with Gasteiger partial charge >= 0.3 is 0 Å². The average molecular weight is 137 g/mol. The quantitative estimate of drug-likeness (QED) is 0.613. The van der Waals surface area contributed by atoms with Crippen LogP contribution in [0.5, 0.6) is 0 Å². The summed E-state index contributed by atoms with van der Waals surface area (Å²) >= 11 is 0. The topological polar surface area (TPSA) is 54.7 Å². The fourth-order valence-electron chi connectivity index (χ4n) is 0.821. The highest BCUT2D eigenvalue weighted by Crippen LogP contribution is 2.08. The molecule has 0 radical (unpaired) electrons. The molecular formula is C7H11N3. The van der Waals surface area contributed by atoms with Crippen molar-refractivity contribution in [3.8, 4) is 0 Å². The first-order valence-corrected chi connectivity index (χ1v) is 3.19. The van der Waals surface area contributed by atoms with Crippen molar-refractivity contribution in [2.24, 2.45) is 0 Å². The number of rotatable bonds is 1. The van der Waals surface area contributed by atoms with Crippen molar-refractivity contribution < 1.29 is 0 Å². The van der Waals surface area contributed by atoms with E-state index < -0.39 is 0 Å². The Kier molecular flexibility index (Phi) is 1.76. The third-order valence-electron chi connectivity index (χ3n) is 1.21. The molecule has 1 rings (SSSR count). The van der Waals surface area contributed by atoms with Crippen molar-refractivity contribution in [1.29, 1.82) is 0 Å². The van der Waals surface area contributed by atoms with Gasteiger partial charge in [-0.15, -0.1) is 0 Å². The van der Waals surface area contributed by atoms with Gasteiger partial charge in [-0.05, 0) is 19.9 Å². The van der Waals surface area contributed by atoms with Gasteiger partial charge in [-0.2, -0.15) is 0 Å². The van der Waals surface area contributed by atoms with E-state index in [1.807, 2.05) is 26.0 Å². The van der Waals surface area contributed by atoms with E-state index in [-0.39, 0.29) is 0 Å². The van der Waals surface area contributed by atoms with Crippen LogP contribution in [0.15, 0.2) is 6.08 Å². The fourth-order valence-corrected chi connectivity index (χ4v) is 0.821. The Balaban J connectivity index is 3.03. The van der Waals surface area contributed by atoms with Crippen LogP contribution in [0.2, 0.25) is 0 Å². The van der Waals surface area contributed by atoms with Gasteiger partial charge in [0.2, 0.25) is 0 Å². The maximum atomic E-state index is 5.53. The first kappa shape index (κ1) is 6.86. The molecule has 0 saturated heterocycles. The van der Waals surface area contributed by atoms with Crippen molar-refractivity contribution in [1.82, 2.24) is 9.97 Å². The molecule has 0 aliphatic rings. The molecule has 0 aliphatic heterocycles. The van der Waals surface area contributed by atoms with Gasteiger partial charge in [0.15, 0.2) is 0 Å². The van der Waals surface area contributed by atoms with Crippen LogP contribution in [0.4, 0.5) is 5.82 Å². The van der Waals surface area contributed by atoms with Crippen LogP contribution in [-0.2, 0) is 0 Å². The summed E-state index contributed by atoms with van der Waals surface area (Å²) in [6.07, 6.45) is 3.82. The molecule has 0 fully saturated rings. The number of H-pyrrole nitrogens is 1. The smallest absolute Gasteiger partial charge is 0.149 e. The van der Waals surface area contributed by atoms with Crippen LogP contribution < -0.4 is 5.73 Å². The molecule has 54 valence electrons. The number of nitrogens with one attached hydrogen (secondary N) is 1. The molecule has 0 atom stereocenters. The molecule has 0 aliphatic carbocycles. The number of nitrogens with zero attached hydrogens (tertiary/aromatic N) is 1. The van der Waals surface area contributed by atoms with Crippen molar-refractivity contribution in [2.45, 2.75) is 13.8 Å². The molecule has 1 heterocycles. The minimum absolute atomic E-state index is 0.565. The number of hydrogen-bond acceptors (Lipinski definition) is 2. The Morgan fingerprint density at radius 3 is 2.70 bits per heavy atom. The zero-order valence-electron chi connectivity index (χ0n) is 6.18. The Morgan fingerprint density at radius 2 is 2.30 bits per heavy atom. The Labute approximate surface area is 60.0 Å². The third kappa shape index (κ3) is 1.18. The molecule has 3 heteroatoms. The lowest BCUT2D eigenvalue weighted by Crippen LogP contribution is -1.86. The summed E-state index contributed by atoms with van der Waals surface area (Å²) in [6, 6.07) is 0. The molecule has 0 spiro atoms. The van der Waals surface area contributed by atoms with E-state index in [1.165, 1.54) is 0 Å². The van der Waals surface area contributed by atoms with Crippen molar-refractivity contribution in [3.05, 3.63) is 17.6 Å². The van der Waals surface area contributed by atoms with E-state index in [0.29, 0.717) is 5.82 Å². The normalized spacial score (nSPS) is 11.0. The second kappa shape index (κ2) is 2.56. The second-order valence-electron chi connectivity index (χ2n) is 2.12. The van der Waals surface area contributed by atoms with Crippen molar-refractivity contribution in [3.63, 3.8) is 0 Å². The second-order valence-corrected chi connectivity index (χ2v) is 2.12. The Morgan fingerprint density at radius 1 is 1.60 bits per heavy atom. The molecule has 3 N–H and O–H groups in total. The number of anilines is 1. The van der Waals surface area contributed by atoms with Crippen LogP contribution >= 0.6 is 0 Å². The van der Waals surface area contributed by atoms with E-state index in [2.05, 4.69) is 9.97 Å². The molecule has 3 nitrogen and oxygen atoms in total. The van der Waals surface area contributed by atoms with Crippen LogP contribution in [0.25, 0.3) is 6.08 Å². The number of nitrogens with two attached hydrogens (primary N) is 1. The number of allylic oxidation sites excluding steroid dienone is 1. The zero-order valence-corrected chi connectivity index (χ0v) is 6.18. The van der Waals surface area contributed by atoms with Gasteiger partial charge in [0, 0.05) is 0 Å². The van der Waals surface area contributed by atoms with E-state index in [0.717, 1.165) is 11.5 Å². The lowest BCUT2D eigenvalue weighted by molar-refractivity contribution is 1.15. The van der Waals surface area contributed by atoms with Gasteiger partial charge in [0.1, 0.15) is 11.6 Å². The molecule has 1 aromatic heterocycles. The Bertz CT molecular complexity index is 247. The summed E-state index contributed by atoms with van der Waals surface area (Å²) in [4.78, 5) is 7.02. The highest BCUT2D eigenvalue weighted by Gasteiger charge is 1.97. The van der Waals surface area contributed by atoms with Gasteiger partial charge in [0.25, 0.3) is 0 Å².